The summed E-state index contributed by atoms with van der Waals surface area (Å²) in [7, 11) is 1.44. The normalized spacial score (nSPS) is 8.38. The number of halogens is 3. The van der Waals surface area contributed by atoms with E-state index in [9.17, 15) is 4.79 Å². The number of amides is 1. The third kappa shape index (κ3) is 15.8. The molecule has 0 aromatic heterocycles. The molecule has 74 valence electrons. The van der Waals surface area contributed by atoms with Crippen molar-refractivity contribution in [3.05, 3.63) is 0 Å². The smallest absolute Gasteiger partial charge is 1.00 e. The molecule has 0 saturated heterocycles. The van der Waals surface area contributed by atoms with Crippen molar-refractivity contribution < 1.29 is 34.4 Å². The summed E-state index contributed by atoms with van der Waals surface area (Å²) < 4.78 is 0. The van der Waals surface area contributed by atoms with E-state index in [-0.39, 0.29) is 67.7 Å². The summed E-state index contributed by atoms with van der Waals surface area (Å²) >= 11 is 5.41. The van der Waals surface area contributed by atoms with Gasteiger partial charge >= 0.3 is 43.8 Å². The second-order valence-corrected chi connectivity index (χ2v) is 1.89. The first kappa shape index (κ1) is 23.7. The van der Waals surface area contributed by atoms with Gasteiger partial charge in [0.25, 0.3) is 0 Å². The Labute approximate surface area is 125 Å². The van der Waals surface area contributed by atoms with Crippen LogP contribution >= 0.6 is 11.6 Å². The zero-order valence-electron chi connectivity index (χ0n) is 7.31. The zero-order valence-corrected chi connectivity index (χ0v) is 11.8. The molecule has 0 aromatic rings. The molecule has 0 rings (SSSR count). The maximum absolute atomic E-state index is 10.3. The first-order chi connectivity index (χ1) is 4.70. The maximum Gasteiger partial charge on any atom is 2.00 e. The first-order valence-electron chi connectivity index (χ1n) is 2.81. The Kier molecular flexibility index (Phi) is 28.3. The summed E-state index contributed by atoms with van der Waals surface area (Å²) in [5.74, 6) is 0. The SMILES string of the molecule is CC/C(Cl)=N/OC(=O)NC.[Ca+2].[Cl-].[Cl-]. The van der Waals surface area contributed by atoms with E-state index in [0.717, 1.165) is 0 Å². The topological polar surface area (TPSA) is 50.7 Å². The number of rotatable bonds is 2. The Morgan fingerprint density at radius 1 is 1.54 bits per heavy atom. The molecule has 0 bridgehead atoms. The van der Waals surface area contributed by atoms with Gasteiger partial charge in [-0.1, -0.05) is 23.7 Å². The predicted octanol–water partition coefficient (Wildman–Crippen LogP) is -5.07. The Bertz CT molecular complexity index is 157. The molecular weight excluding hydrogens is 267 g/mol. The van der Waals surface area contributed by atoms with E-state index in [4.69, 9.17) is 11.6 Å². The molecule has 0 aliphatic rings. The van der Waals surface area contributed by atoms with Crippen molar-refractivity contribution in [2.45, 2.75) is 13.3 Å². The van der Waals surface area contributed by atoms with Gasteiger partial charge < -0.3 is 30.1 Å². The van der Waals surface area contributed by atoms with E-state index in [0.29, 0.717) is 6.42 Å². The Hall–Kier alpha value is 1.07. The van der Waals surface area contributed by atoms with Crippen LogP contribution < -0.4 is 30.1 Å². The third-order valence-electron chi connectivity index (χ3n) is 0.723. The number of oxime groups is 1. The summed E-state index contributed by atoms with van der Waals surface area (Å²) in [6, 6.07) is 0. The second kappa shape index (κ2) is 15.5. The summed E-state index contributed by atoms with van der Waals surface area (Å²) in [6.07, 6.45) is -0.0648. The fourth-order valence-corrected chi connectivity index (χ4v) is 0.236. The van der Waals surface area contributed by atoms with Crippen LogP contribution in [0.5, 0.6) is 0 Å². The largest absolute Gasteiger partial charge is 2.00 e. The van der Waals surface area contributed by atoms with E-state index in [1.165, 1.54) is 7.05 Å². The molecule has 0 radical (unpaired) electrons. The molecule has 13 heavy (non-hydrogen) atoms. The minimum absolute atomic E-state index is 0. The van der Waals surface area contributed by atoms with Gasteiger partial charge in [-0.3, -0.25) is 4.84 Å². The van der Waals surface area contributed by atoms with Crippen molar-refractivity contribution in [1.82, 2.24) is 5.32 Å². The Morgan fingerprint density at radius 3 is 2.31 bits per heavy atom. The van der Waals surface area contributed by atoms with Crippen molar-refractivity contribution in [3.63, 3.8) is 0 Å². The number of carbonyl (C=O) groups excluding carboxylic acids is 1. The molecule has 1 N–H and O–H groups in total. The van der Waals surface area contributed by atoms with Crippen molar-refractivity contribution in [2.75, 3.05) is 7.05 Å². The summed E-state index contributed by atoms with van der Waals surface area (Å²) in [4.78, 5) is 14.6. The molecule has 0 aliphatic heterocycles. The van der Waals surface area contributed by atoms with Gasteiger partial charge in [-0.05, 0) is 0 Å². The molecule has 0 heterocycles. The zero-order chi connectivity index (χ0) is 7.98. The van der Waals surface area contributed by atoms with E-state index >= 15 is 0 Å². The fourth-order valence-electron chi connectivity index (χ4n) is 0.201. The average Bonchev–Trinajstić information content (AvgIpc) is 1.99. The standard InChI is InChI=1S/C5H9ClN2O2.Ca.2ClH/c1-3-4(6)8-10-5(9)7-2;;;/h3H2,1-2H3,(H,7,9);;2*1H/q;+2;;/p-2/b8-4-;;;. The molecule has 0 saturated carbocycles. The number of carbonyl (C=O) groups is 1. The van der Waals surface area contributed by atoms with Gasteiger partial charge in [-0.25, -0.2) is 4.79 Å². The number of nitrogens with zero attached hydrogens (tertiary/aromatic N) is 1. The minimum atomic E-state index is -0.619. The summed E-state index contributed by atoms with van der Waals surface area (Å²) in [5.41, 5.74) is 0. The molecule has 4 nitrogen and oxygen atoms in total. The number of hydrogen-bond donors (Lipinski definition) is 1. The van der Waals surface area contributed by atoms with E-state index in [2.05, 4.69) is 15.3 Å². The van der Waals surface area contributed by atoms with Gasteiger partial charge in [0, 0.05) is 13.5 Å². The molecule has 0 unspecified atom stereocenters. The van der Waals surface area contributed by atoms with Crippen molar-refractivity contribution in [2.24, 2.45) is 5.16 Å². The summed E-state index contributed by atoms with van der Waals surface area (Å²) in [6.45, 7) is 1.80. The van der Waals surface area contributed by atoms with Crippen molar-refractivity contribution in [3.8, 4) is 0 Å². The number of nitrogens with one attached hydrogen (secondary N) is 1. The van der Waals surface area contributed by atoms with Crippen LogP contribution in [0, 0.1) is 0 Å². The molecule has 0 aliphatic carbocycles. The molecule has 0 spiro atoms. The van der Waals surface area contributed by atoms with Crippen LogP contribution in [0.1, 0.15) is 13.3 Å². The van der Waals surface area contributed by atoms with Gasteiger partial charge in [0.1, 0.15) is 5.17 Å². The van der Waals surface area contributed by atoms with Gasteiger partial charge in [0.15, 0.2) is 0 Å². The maximum atomic E-state index is 10.3. The molecule has 0 aromatic carbocycles. The van der Waals surface area contributed by atoms with Crippen LogP contribution in [0.2, 0.25) is 0 Å². The number of hydrogen-bond acceptors (Lipinski definition) is 3. The van der Waals surface area contributed by atoms with Crippen LogP contribution in [-0.4, -0.2) is 56.1 Å². The molecule has 1 amide bonds. The monoisotopic (exact) mass is 274 g/mol. The Morgan fingerprint density at radius 2 is 2.00 bits per heavy atom. The van der Waals surface area contributed by atoms with Gasteiger partial charge in [-0.2, -0.15) is 0 Å². The predicted molar refractivity (Wildman–Crippen MR) is 44.9 cm³/mol. The van der Waals surface area contributed by atoms with E-state index in [1.54, 1.807) is 6.92 Å². The molecule has 8 heteroatoms. The quantitative estimate of drug-likeness (QED) is 0.237. The van der Waals surface area contributed by atoms with Gasteiger partial charge in [0.2, 0.25) is 0 Å². The van der Waals surface area contributed by atoms with E-state index < -0.39 is 6.09 Å². The third-order valence-corrected chi connectivity index (χ3v) is 1.06. The fraction of sp³-hybridized carbons (Fsp3) is 0.600. The Balaban J connectivity index is -0.000000135. The van der Waals surface area contributed by atoms with Crippen LogP contribution in [0.4, 0.5) is 4.79 Å². The molecular formula is C5H9CaCl3N2O2. The van der Waals surface area contributed by atoms with E-state index in [1.807, 2.05) is 0 Å². The van der Waals surface area contributed by atoms with Gasteiger partial charge in [-0.15, -0.1) is 0 Å². The average molecular weight is 276 g/mol. The summed E-state index contributed by atoms with van der Waals surface area (Å²) in [5, 5.41) is 5.77. The van der Waals surface area contributed by atoms with Crippen LogP contribution in [-0.2, 0) is 4.84 Å². The molecule has 0 fully saturated rings. The first-order valence-corrected chi connectivity index (χ1v) is 3.19. The van der Waals surface area contributed by atoms with Crippen LogP contribution in [0.15, 0.2) is 5.16 Å². The van der Waals surface area contributed by atoms with Crippen LogP contribution in [0.25, 0.3) is 0 Å². The van der Waals surface area contributed by atoms with Crippen LogP contribution in [0.3, 0.4) is 0 Å². The molecule has 0 atom stereocenters. The minimum Gasteiger partial charge on any atom is -1.00 e. The van der Waals surface area contributed by atoms with Crippen molar-refractivity contribution in [1.29, 1.82) is 0 Å². The van der Waals surface area contributed by atoms with Crippen molar-refractivity contribution >= 4 is 60.6 Å². The second-order valence-electron chi connectivity index (χ2n) is 1.45. The van der Waals surface area contributed by atoms with Gasteiger partial charge in [0.05, 0.1) is 0 Å².